The Hall–Kier alpha value is -2.36. The lowest BCUT2D eigenvalue weighted by molar-refractivity contribution is 0.683. The van der Waals surface area contributed by atoms with E-state index < -0.39 is 5.69 Å². The molecular formula is C14H14ClN5O. The predicted octanol–water partition coefficient (Wildman–Crippen LogP) is 1.53. The maximum atomic E-state index is 12.1. The lowest BCUT2D eigenvalue weighted by atomic mass is 10.2. The molecule has 2 N–H and O–H groups in total. The van der Waals surface area contributed by atoms with Crippen molar-refractivity contribution in [1.29, 1.82) is 0 Å². The van der Waals surface area contributed by atoms with Crippen LogP contribution in [0.25, 0.3) is 11.4 Å². The Balaban J connectivity index is 2.50. The Morgan fingerprint density at radius 3 is 2.81 bits per heavy atom. The second-order valence-electron chi connectivity index (χ2n) is 4.06. The molecule has 6 nitrogen and oxygen atoms in total. The highest BCUT2D eigenvalue weighted by Gasteiger charge is 2.13. The van der Waals surface area contributed by atoms with Gasteiger partial charge in [0.25, 0.3) is 0 Å². The molecular weight excluding hydrogens is 290 g/mol. The summed E-state index contributed by atoms with van der Waals surface area (Å²) in [6.45, 7) is 2.56. The topological polar surface area (TPSA) is 71.8 Å². The Labute approximate surface area is 127 Å². The van der Waals surface area contributed by atoms with Gasteiger partial charge in [0.1, 0.15) is 5.82 Å². The van der Waals surface area contributed by atoms with E-state index in [4.69, 9.17) is 18.0 Å². The summed E-state index contributed by atoms with van der Waals surface area (Å²) in [7, 11) is 0. The fourth-order valence-corrected chi connectivity index (χ4v) is 2.01. The van der Waals surface area contributed by atoms with Crippen LogP contribution in [0.3, 0.4) is 0 Å². The highest BCUT2D eigenvalue weighted by atomic mass is 35.5. The van der Waals surface area contributed by atoms with Gasteiger partial charge in [-0.1, -0.05) is 29.7 Å². The normalized spacial score (nSPS) is 10.1. The summed E-state index contributed by atoms with van der Waals surface area (Å²) >= 11 is 6.18. The second-order valence-corrected chi connectivity index (χ2v) is 4.47. The number of nitrogens with zero attached hydrogens (tertiary/aromatic N) is 3. The van der Waals surface area contributed by atoms with E-state index in [1.807, 2.05) is 19.1 Å². The summed E-state index contributed by atoms with van der Waals surface area (Å²) in [6.07, 6.45) is 5.13. The van der Waals surface area contributed by atoms with Gasteiger partial charge in [-0.25, -0.2) is 10.2 Å². The molecule has 0 fully saturated rings. The third-order valence-corrected chi connectivity index (χ3v) is 3.05. The molecule has 0 radical (unpaired) electrons. The molecule has 0 amide bonds. The zero-order chi connectivity index (χ0) is 15.2. The average Bonchev–Trinajstić information content (AvgIpc) is 2.47. The van der Waals surface area contributed by atoms with Crippen molar-refractivity contribution in [3.05, 3.63) is 39.8 Å². The average molecular weight is 304 g/mol. The van der Waals surface area contributed by atoms with Gasteiger partial charge < -0.3 is 0 Å². The standard InChI is InChI=1S/C14H14ClN5O/c1-3-9-16-19-13-17-12(20(4-2)14(21)18-13)10-7-5-6-8-11(10)15/h1,5-8,16H,4,9H2,2H3,(H,18,19,21). The maximum absolute atomic E-state index is 12.1. The third-order valence-electron chi connectivity index (χ3n) is 2.72. The fraction of sp³-hybridized carbons (Fsp3) is 0.214. The van der Waals surface area contributed by atoms with Crippen molar-refractivity contribution in [2.75, 3.05) is 12.0 Å². The number of terminal acetylenes is 1. The molecule has 2 rings (SSSR count). The van der Waals surface area contributed by atoms with Crippen LogP contribution < -0.4 is 16.5 Å². The molecule has 0 aliphatic carbocycles. The minimum Gasteiger partial charge on any atom is -0.289 e. The van der Waals surface area contributed by atoms with Gasteiger partial charge in [-0.3, -0.25) is 9.99 Å². The Kier molecular flexibility index (Phi) is 4.93. The Morgan fingerprint density at radius 1 is 1.38 bits per heavy atom. The van der Waals surface area contributed by atoms with Gasteiger partial charge in [0.05, 0.1) is 11.6 Å². The van der Waals surface area contributed by atoms with E-state index in [0.717, 1.165) is 0 Å². The van der Waals surface area contributed by atoms with Gasteiger partial charge in [0.2, 0.25) is 5.95 Å². The molecule has 1 heterocycles. The van der Waals surface area contributed by atoms with Gasteiger partial charge >= 0.3 is 5.69 Å². The van der Waals surface area contributed by atoms with Crippen molar-refractivity contribution >= 4 is 17.5 Å². The molecule has 108 valence electrons. The van der Waals surface area contributed by atoms with Crippen molar-refractivity contribution in [2.45, 2.75) is 13.5 Å². The number of hydrogen-bond donors (Lipinski definition) is 2. The summed E-state index contributed by atoms with van der Waals surface area (Å²) in [5, 5.41) is 0.514. The highest BCUT2D eigenvalue weighted by Crippen LogP contribution is 2.25. The van der Waals surface area contributed by atoms with Crippen LogP contribution in [-0.2, 0) is 6.54 Å². The van der Waals surface area contributed by atoms with E-state index in [-0.39, 0.29) is 12.5 Å². The fourth-order valence-electron chi connectivity index (χ4n) is 1.79. The molecule has 0 aliphatic rings. The molecule has 0 atom stereocenters. The maximum Gasteiger partial charge on any atom is 0.352 e. The number of hydrogen-bond acceptors (Lipinski definition) is 5. The largest absolute Gasteiger partial charge is 0.352 e. The first-order valence-corrected chi connectivity index (χ1v) is 6.71. The molecule has 0 saturated carbocycles. The first-order valence-electron chi connectivity index (χ1n) is 6.33. The van der Waals surface area contributed by atoms with E-state index in [0.29, 0.717) is 23.0 Å². The summed E-state index contributed by atoms with van der Waals surface area (Å²) in [5.74, 6) is 3.00. The number of halogens is 1. The van der Waals surface area contributed by atoms with E-state index in [1.54, 1.807) is 12.1 Å². The van der Waals surface area contributed by atoms with Crippen molar-refractivity contribution in [3.63, 3.8) is 0 Å². The van der Waals surface area contributed by atoms with E-state index >= 15 is 0 Å². The van der Waals surface area contributed by atoms with Gasteiger partial charge in [-0.15, -0.1) is 6.42 Å². The van der Waals surface area contributed by atoms with Crippen molar-refractivity contribution in [2.24, 2.45) is 0 Å². The van der Waals surface area contributed by atoms with E-state index in [9.17, 15) is 4.79 Å². The summed E-state index contributed by atoms with van der Waals surface area (Å²) in [5.41, 5.74) is 5.67. The number of anilines is 1. The van der Waals surface area contributed by atoms with E-state index in [2.05, 4.69) is 26.7 Å². The molecule has 0 spiro atoms. The van der Waals surface area contributed by atoms with Crippen LogP contribution in [0.4, 0.5) is 5.95 Å². The van der Waals surface area contributed by atoms with E-state index in [1.165, 1.54) is 4.57 Å². The second kappa shape index (κ2) is 6.88. The van der Waals surface area contributed by atoms with Gasteiger partial charge in [-0.2, -0.15) is 9.97 Å². The Bertz CT molecular complexity index is 735. The van der Waals surface area contributed by atoms with Crippen molar-refractivity contribution in [1.82, 2.24) is 20.0 Å². The van der Waals surface area contributed by atoms with Crippen LogP contribution in [0.5, 0.6) is 0 Å². The minimum atomic E-state index is -0.410. The van der Waals surface area contributed by atoms with Crippen molar-refractivity contribution in [3.8, 4) is 23.7 Å². The molecule has 2 aromatic rings. The predicted molar refractivity (Wildman–Crippen MR) is 82.9 cm³/mol. The lowest BCUT2D eigenvalue weighted by Gasteiger charge is -2.12. The van der Waals surface area contributed by atoms with Crippen LogP contribution in [0.1, 0.15) is 6.92 Å². The van der Waals surface area contributed by atoms with Gasteiger partial charge in [0.15, 0.2) is 0 Å². The van der Waals surface area contributed by atoms with Crippen LogP contribution in [0.2, 0.25) is 5.02 Å². The SMILES string of the molecule is C#CCNNc1nc(-c2ccccc2Cl)n(CC)c(=O)n1. The number of rotatable bonds is 5. The van der Waals surface area contributed by atoms with Crippen LogP contribution in [-0.4, -0.2) is 21.1 Å². The monoisotopic (exact) mass is 303 g/mol. The number of nitrogens with one attached hydrogen (secondary N) is 2. The van der Waals surface area contributed by atoms with Crippen LogP contribution >= 0.6 is 11.6 Å². The first-order chi connectivity index (χ1) is 10.2. The summed E-state index contributed by atoms with van der Waals surface area (Å²) in [6, 6.07) is 7.19. The zero-order valence-electron chi connectivity index (χ0n) is 11.4. The molecule has 0 saturated heterocycles. The van der Waals surface area contributed by atoms with Crippen LogP contribution in [0.15, 0.2) is 29.1 Å². The highest BCUT2D eigenvalue weighted by molar-refractivity contribution is 6.33. The third kappa shape index (κ3) is 3.40. The summed E-state index contributed by atoms with van der Waals surface area (Å²) < 4.78 is 1.45. The lowest BCUT2D eigenvalue weighted by Crippen LogP contribution is -2.30. The molecule has 0 unspecified atom stereocenters. The Morgan fingerprint density at radius 2 is 2.14 bits per heavy atom. The smallest absolute Gasteiger partial charge is 0.289 e. The number of benzene rings is 1. The number of hydrazine groups is 1. The molecule has 0 aliphatic heterocycles. The molecule has 7 heteroatoms. The van der Waals surface area contributed by atoms with Gasteiger partial charge in [-0.05, 0) is 19.1 Å². The molecule has 1 aromatic carbocycles. The quantitative estimate of drug-likeness (QED) is 0.498. The molecule has 21 heavy (non-hydrogen) atoms. The number of aromatic nitrogens is 3. The van der Waals surface area contributed by atoms with Crippen LogP contribution in [0, 0.1) is 12.3 Å². The van der Waals surface area contributed by atoms with Gasteiger partial charge in [0, 0.05) is 12.1 Å². The summed E-state index contributed by atoms with van der Waals surface area (Å²) in [4.78, 5) is 20.2. The molecule has 1 aromatic heterocycles. The zero-order valence-corrected chi connectivity index (χ0v) is 12.2. The minimum absolute atomic E-state index is 0.148. The van der Waals surface area contributed by atoms with Crippen molar-refractivity contribution < 1.29 is 0 Å². The molecule has 0 bridgehead atoms. The first kappa shape index (κ1) is 15.0.